The maximum Gasteiger partial charge on any atom is 0.255 e. The summed E-state index contributed by atoms with van der Waals surface area (Å²) in [6.07, 6.45) is 5.09. The number of hydrogen-bond donors (Lipinski definition) is 2. The van der Waals surface area contributed by atoms with Crippen LogP contribution in [0.3, 0.4) is 0 Å². The second-order valence-electron chi connectivity index (χ2n) is 10.9. The number of aryl methyl sites for hydroxylation is 1. The molecule has 0 bridgehead atoms. The Balaban J connectivity index is 1.24. The van der Waals surface area contributed by atoms with Crippen LogP contribution in [0, 0.1) is 12.7 Å². The summed E-state index contributed by atoms with van der Waals surface area (Å²) in [4.78, 5) is 35.6. The predicted octanol–water partition coefficient (Wildman–Crippen LogP) is 6.94. The van der Waals surface area contributed by atoms with Gasteiger partial charge in [-0.05, 0) is 97.1 Å². The van der Waals surface area contributed by atoms with Crippen LogP contribution >= 0.6 is 0 Å². The largest absolute Gasteiger partial charge is 0.455 e. The number of nitrogens with one attached hydrogen (secondary N) is 2. The lowest BCUT2D eigenvalue weighted by Gasteiger charge is -2.18. The lowest BCUT2D eigenvalue weighted by Crippen LogP contribution is -2.35. The van der Waals surface area contributed by atoms with E-state index in [-0.39, 0.29) is 17.6 Å². The summed E-state index contributed by atoms with van der Waals surface area (Å²) in [5, 5.41) is 7.55. The van der Waals surface area contributed by atoms with Gasteiger partial charge in [0.2, 0.25) is 0 Å². The number of nitrogens with zero attached hydrogens (tertiary/aromatic N) is 2. The molecular formula is C35H27FN4O3. The van der Waals surface area contributed by atoms with Crippen molar-refractivity contribution in [3.05, 3.63) is 119 Å². The molecule has 0 saturated heterocycles. The van der Waals surface area contributed by atoms with E-state index in [1.165, 1.54) is 12.1 Å². The minimum atomic E-state index is -0.499. The molecule has 3 heterocycles. The number of halogens is 1. The molecule has 7 rings (SSSR count). The molecule has 43 heavy (non-hydrogen) atoms. The van der Waals surface area contributed by atoms with E-state index in [0.29, 0.717) is 33.4 Å². The monoisotopic (exact) mass is 570 g/mol. The van der Waals surface area contributed by atoms with Crippen molar-refractivity contribution < 1.29 is 18.4 Å². The summed E-state index contributed by atoms with van der Waals surface area (Å²) in [6.45, 7) is 1.98. The Morgan fingerprint density at radius 1 is 0.907 bits per heavy atom. The molecular weight excluding hydrogens is 543 g/mol. The molecule has 0 spiro atoms. The van der Waals surface area contributed by atoms with Crippen LogP contribution in [0.4, 0.5) is 4.39 Å². The minimum absolute atomic E-state index is 0.180. The number of carbonyl (C=O) groups is 2. The lowest BCUT2D eigenvalue weighted by molar-refractivity contribution is 0.0928. The van der Waals surface area contributed by atoms with Crippen LogP contribution in [-0.2, 0) is 5.54 Å². The van der Waals surface area contributed by atoms with Gasteiger partial charge in [0.15, 0.2) is 0 Å². The summed E-state index contributed by atoms with van der Waals surface area (Å²) in [6, 6.07) is 23.0. The highest BCUT2D eigenvalue weighted by Gasteiger charge is 2.47. The first kappa shape index (κ1) is 26.5. The van der Waals surface area contributed by atoms with Gasteiger partial charge in [-0.2, -0.15) is 0 Å². The number of benzene rings is 3. The lowest BCUT2D eigenvalue weighted by atomic mass is 9.95. The molecule has 7 nitrogen and oxygen atoms in total. The zero-order valence-electron chi connectivity index (χ0n) is 23.6. The highest BCUT2D eigenvalue weighted by Crippen LogP contribution is 2.45. The Morgan fingerprint density at radius 3 is 2.47 bits per heavy atom. The SMILES string of the molecule is CNC(=O)c1c(-c2ccc(F)cc2)oc2ccc(-c3cc(C(=O)NC4(c5ccc6ccncc6n5)CC4)ccc3C)cc12. The third-order valence-electron chi connectivity index (χ3n) is 8.15. The molecule has 3 aromatic carbocycles. The smallest absolute Gasteiger partial charge is 0.255 e. The van der Waals surface area contributed by atoms with E-state index in [9.17, 15) is 14.0 Å². The second-order valence-corrected chi connectivity index (χ2v) is 10.9. The molecule has 6 aromatic rings. The highest BCUT2D eigenvalue weighted by atomic mass is 19.1. The molecule has 1 fully saturated rings. The van der Waals surface area contributed by atoms with Gasteiger partial charge in [0.1, 0.15) is 17.2 Å². The van der Waals surface area contributed by atoms with E-state index < -0.39 is 5.54 Å². The van der Waals surface area contributed by atoms with Crippen molar-refractivity contribution in [2.45, 2.75) is 25.3 Å². The van der Waals surface area contributed by atoms with Crippen LogP contribution in [-0.4, -0.2) is 28.8 Å². The van der Waals surface area contributed by atoms with E-state index in [4.69, 9.17) is 9.40 Å². The maximum atomic E-state index is 13.6. The first-order valence-corrected chi connectivity index (χ1v) is 14.0. The first-order chi connectivity index (χ1) is 20.8. The van der Waals surface area contributed by atoms with Gasteiger partial charge in [-0.1, -0.05) is 18.2 Å². The Kier molecular flexibility index (Phi) is 6.27. The molecule has 1 aliphatic rings. The van der Waals surface area contributed by atoms with Crippen molar-refractivity contribution in [2.24, 2.45) is 0 Å². The van der Waals surface area contributed by atoms with Crippen LogP contribution in [0.2, 0.25) is 0 Å². The van der Waals surface area contributed by atoms with Gasteiger partial charge in [-0.3, -0.25) is 14.6 Å². The molecule has 8 heteroatoms. The number of fused-ring (bicyclic) bond motifs is 2. The maximum absolute atomic E-state index is 13.6. The third kappa shape index (κ3) is 4.70. The highest BCUT2D eigenvalue weighted by molar-refractivity contribution is 6.12. The topological polar surface area (TPSA) is 97.1 Å². The number of rotatable bonds is 6. The average Bonchev–Trinajstić information content (AvgIpc) is 3.72. The van der Waals surface area contributed by atoms with Crippen molar-refractivity contribution in [1.29, 1.82) is 0 Å². The van der Waals surface area contributed by atoms with Gasteiger partial charge < -0.3 is 15.1 Å². The molecule has 0 atom stereocenters. The number of hydrogen-bond acceptors (Lipinski definition) is 5. The Bertz CT molecular complexity index is 2060. The van der Waals surface area contributed by atoms with Crippen LogP contribution in [0.5, 0.6) is 0 Å². The van der Waals surface area contributed by atoms with E-state index >= 15 is 0 Å². The van der Waals surface area contributed by atoms with Gasteiger partial charge in [0.05, 0.1) is 28.5 Å². The fraction of sp³-hybridized carbons (Fsp3) is 0.143. The van der Waals surface area contributed by atoms with Gasteiger partial charge in [-0.25, -0.2) is 9.37 Å². The Morgan fingerprint density at radius 2 is 1.70 bits per heavy atom. The molecule has 1 aliphatic carbocycles. The van der Waals surface area contributed by atoms with Crippen LogP contribution in [0.25, 0.3) is 44.3 Å². The number of carbonyl (C=O) groups excluding carboxylic acids is 2. The van der Waals surface area contributed by atoms with Crippen LogP contribution in [0.1, 0.15) is 44.8 Å². The molecule has 3 aromatic heterocycles. The Labute approximate surface area is 246 Å². The quantitative estimate of drug-likeness (QED) is 0.226. The summed E-state index contributed by atoms with van der Waals surface area (Å²) < 4.78 is 19.7. The number of furan rings is 1. The first-order valence-electron chi connectivity index (χ1n) is 14.0. The zero-order valence-corrected chi connectivity index (χ0v) is 23.6. The zero-order chi connectivity index (χ0) is 29.7. The summed E-state index contributed by atoms with van der Waals surface area (Å²) in [5.41, 5.74) is 5.82. The van der Waals surface area contributed by atoms with E-state index in [1.807, 2.05) is 61.5 Å². The molecule has 2 amide bonds. The minimum Gasteiger partial charge on any atom is -0.455 e. The number of amides is 2. The van der Waals surface area contributed by atoms with Crippen LogP contribution in [0.15, 0.2) is 95.7 Å². The summed E-state index contributed by atoms with van der Waals surface area (Å²) in [7, 11) is 1.56. The predicted molar refractivity (Wildman–Crippen MR) is 163 cm³/mol. The van der Waals surface area contributed by atoms with Crippen LogP contribution < -0.4 is 10.6 Å². The average molecular weight is 571 g/mol. The molecule has 2 N–H and O–H groups in total. The van der Waals surface area contributed by atoms with Crippen molar-refractivity contribution >= 4 is 33.7 Å². The van der Waals surface area contributed by atoms with Crippen molar-refractivity contribution in [2.75, 3.05) is 7.05 Å². The molecule has 1 saturated carbocycles. The van der Waals surface area contributed by atoms with Gasteiger partial charge in [0.25, 0.3) is 11.8 Å². The van der Waals surface area contributed by atoms with Crippen molar-refractivity contribution in [1.82, 2.24) is 20.6 Å². The second kappa shape index (κ2) is 10.2. The standard InChI is InChI=1S/C35H27FN4O3/c1-20-3-4-24(33(41)40-35(14-15-35)30-12-8-21-13-16-38-19-28(21)39-30)18-26(20)23-7-11-29-27(17-23)31(34(42)37-2)32(43-29)22-5-9-25(36)10-6-22/h3-13,16-19H,14-15H2,1-2H3,(H,37,42)(H,40,41). The summed E-state index contributed by atoms with van der Waals surface area (Å²) in [5.74, 6) is -0.501. The van der Waals surface area contributed by atoms with Gasteiger partial charge >= 0.3 is 0 Å². The van der Waals surface area contributed by atoms with Gasteiger partial charge in [-0.15, -0.1) is 0 Å². The number of aromatic nitrogens is 2. The van der Waals surface area contributed by atoms with Gasteiger partial charge in [0, 0.05) is 35.1 Å². The van der Waals surface area contributed by atoms with Crippen molar-refractivity contribution in [3.8, 4) is 22.5 Å². The third-order valence-corrected chi connectivity index (χ3v) is 8.15. The number of pyridine rings is 2. The molecule has 0 radical (unpaired) electrons. The fourth-order valence-electron chi connectivity index (χ4n) is 5.59. The van der Waals surface area contributed by atoms with E-state index in [0.717, 1.165) is 46.1 Å². The van der Waals surface area contributed by atoms with E-state index in [2.05, 4.69) is 15.6 Å². The molecule has 0 aliphatic heterocycles. The normalized spacial score (nSPS) is 13.7. The summed E-state index contributed by atoms with van der Waals surface area (Å²) >= 11 is 0. The Hall–Kier alpha value is -5.37. The molecule has 212 valence electrons. The van der Waals surface area contributed by atoms with E-state index in [1.54, 1.807) is 31.6 Å². The molecule has 0 unspecified atom stereocenters. The van der Waals surface area contributed by atoms with Crippen molar-refractivity contribution in [3.63, 3.8) is 0 Å². The fourth-order valence-corrected chi connectivity index (χ4v) is 5.59.